The maximum Gasteiger partial charge on any atom is 0.339 e. The summed E-state index contributed by atoms with van der Waals surface area (Å²) >= 11 is 0. The molecule has 1 aliphatic rings. The third-order valence-corrected chi connectivity index (χ3v) is 2.87. The number of carboxylic acids is 1. The van der Waals surface area contributed by atoms with Crippen molar-refractivity contribution in [1.82, 2.24) is 5.32 Å². The summed E-state index contributed by atoms with van der Waals surface area (Å²) < 4.78 is 5.54. The largest absolute Gasteiger partial charge is 0.489 e. The summed E-state index contributed by atoms with van der Waals surface area (Å²) in [4.78, 5) is 11.0. The Morgan fingerprint density at radius 1 is 1.59 bits per heavy atom. The van der Waals surface area contributed by atoms with Crippen molar-refractivity contribution in [2.75, 3.05) is 18.9 Å². The number of nitrogens with two attached hydrogens (primary N) is 1. The lowest BCUT2D eigenvalue weighted by Gasteiger charge is -2.15. The highest BCUT2D eigenvalue weighted by molar-refractivity contribution is 5.93. The van der Waals surface area contributed by atoms with Gasteiger partial charge in [-0.2, -0.15) is 0 Å². The molecule has 5 nitrogen and oxygen atoms in total. The standard InChI is InChI=1S/C12H16N2O3/c13-10-5-1-4-9(12(15)16)11(10)17-7-8-3-2-6-14-8/h1,4-5,8,14H,2-3,6-7,13H2,(H,15,16). The lowest BCUT2D eigenvalue weighted by molar-refractivity contribution is 0.0692. The number of nitrogen functional groups attached to an aromatic ring is 1. The van der Waals surface area contributed by atoms with Gasteiger partial charge >= 0.3 is 5.97 Å². The first-order valence-corrected chi connectivity index (χ1v) is 5.66. The molecule has 1 heterocycles. The fourth-order valence-electron chi connectivity index (χ4n) is 1.97. The van der Waals surface area contributed by atoms with Crippen molar-refractivity contribution in [2.24, 2.45) is 0 Å². The minimum Gasteiger partial charge on any atom is -0.489 e. The van der Waals surface area contributed by atoms with Gasteiger partial charge in [-0.25, -0.2) is 4.79 Å². The fraction of sp³-hybridized carbons (Fsp3) is 0.417. The first kappa shape index (κ1) is 11.7. The molecule has 1 fully saturated rings. The number of carbonyl (C=O) groups is 1. The molecule has 0 amide bonds. The summed E-state index contributed by atoms with van der Waals surface area (Å²) in [5.74, 6) is -0.750. The molecule has 0 saturated carbocycles. The number of hydrogen-bond acceptors (Lipinski definition) is 4. The van der Waals surface area contributed by atoms with Gasteiger partial charge in [0.25, 0.3) is 0 Å². The average Bonchev–Trinajstić information content (AvgIpc) is 2.80. The van der Waals surface area contributed by atoms with Crippen LogP contribution in [0.4, 0.5) is 5.69 Å². The van der Waals surface area contributed by atoms with Crippen LogP contribution in [0.1, 0.15) is 23.2 Å². The molecule has 0 bridgehead atoms. The Bertz CT molecular complexity index is 414. The Morgan fingerprint density at radius 2 is 2.41 bits per heavy atom. The van der Waals surface area contributed by atoms with Gasteiger partial charge in [-0.15, -0.1) is 0 Å². The van der Waals surface area contributed by atoms with Gasteiger partial charge in [-0.1, -0.05) is 6.07 Å². The lowest BCUT2D eigenvalue weighted by Crippen LogP contribution is -2.28. The van der Waals surface area contributed by atoms with Crippen LogP contribution in [-0.4, -0.2) is 30.3 Å². The molecule has 0 aromatic heterocycles. The monoisotopic (exact) mass is 236 g/mol. The maximum atomic E-state index is 11.0. The van der Waals surface area contributed by atoms with Gasteiger partial charge in [0.05, 0.1) is 5.69 Å². The summed E-state index contributed by atoms with van der Waals surface area (Å²) in [6, 6.07) is 5.04. The molecule has 1 atom stereocenters. The zero-order valence-electron chi connectivity index (χ0n) is 9.48. The van der Waals surface area contributed by atoms with E-state index in [-0.39, 0.29) is 17.4 Å². The van der Waals surface area contributed by atoms with Gasteiger partial charge in [0.2, 0.25) is 0 Å². The molecular weight excluding hydrogens is 220 g/mol. The molecule has 1 aromatic carbocycles. The molecule has 2 rings (SSSR count). The number of rotatable bonds is 4. The number of benzene rings is 1. The van der Waals surface area contributed by atoms with Crippen LogP contribution in [0.3, 0.4) is 0 Å². The first-order chi connectivity index (χ1) is 8.18. The van der Waals surface area contributed by atoms with E-state index >= 15 is 0 Å². The van der Waals surface area contributed by atoms with Gasteiger partial charge < -0.3 is 20.9 Å². The number of nitrogens with one attached hydrogen (secondary N) is 1. The van der Waals surface area contributed by atoms with E-state index in [0.717, 1.165) is 19.4 Å². The van der Waals surface area contributed by atoms with Crippen molar-refractivity contribution in [2.45, 2.75) is 18.9 Å². The van der Waals surface area contributed by atoms with Crippen LogP contribution in [0.5, 0.6) is 5.75 Å². The molecule has 1 saturated heterocycles. The predicted octanol–water partition coefficient (Wildman–Crippen LogP) is 1.10. The van der Waals surface area contributed by atoms with Gasteiger partial charge in [-0.05, 0) is 31.5 Å². The number of para-hydroxylation sites is 1. The average molecular weight is 236 g/mol. The quantitative estimate of drug-likeness (QED) is 0.682. The summed E-state index contributed by atoms with van der Waals surface area (Å²) in [5.41, 5.74) is 6.21. The van der Waals surface area contributed by atoms with Crippen molar-refractivity contribution in [3.63, 3.8) is 0 Å². The Balaban J connectivity index is 2.10. The number of aromatic carboxylic acids is 1. The number of ether oxygens (including phenoxy) is 1. The fourth-order valence-corrected chi connectivity index (χ4v) is 1.97. The van der Waals surface area contributed by atoms with E-state index in [4.69, 9.17) is 15.6 Å². The van der Waals surface area contributed by atoms with E-state index in [1.807, 2.05) is 0 Å². The molecule has 17 heavy (non-hydrogen) atoms. The predicted molar refractivity (Wildman–Crippen MR) is 64.3 cm³/mol. The number of anilines is 1. The normalized spacial score (nSPS) is 19.2. The van der Waals surface area contributed by atoms with Crippen LogP contribution in [-0.2, 0) is 0 Å². The van der Waals surface area contributed by atoms with E-state index < -0.39 is 5.97 Å². The van der Waals surface area contributed by atoms with Crippen molar-refractivity contribution < 1.29 is 14.6 Å². The highest BCUT2D eigenvalue weighted by atomic mass is 16.5. The van der Waals surface area contributed by atoms with Crippen LogP contribution < -0.4 is 15.8 Å². The summed E-state index contributed by atoms with van der Waals surface area (Å²) in [6.07, 6.45) is 2.18. The molecule has 1 unspecified atom stereocenters. The first-order valence-electron chi connectivity index (χ1n) is 5.66. The maximum absolute atomic E-state index is 11.0. The smallest absolute Gasteiger partial charge is 0.339 e. The third-order valence-electron chi connectivity index (χ3n) is 2.87. The van der Waals surface area contributed by atoms with Gasteiger partial charge in [-0.3, -0.25) is 0 Å². The van der Waals surface area contributed by atoms with Crippen molar-refractivity contribution in [3.05, 3.63) is 23.8 Å². The Kier molecular flexibility index (Phi) is 3.49. The highest BCUT2D eigenvalue weighted by Crippen LogP contribution is 2.26. The third kappa shape index (κ3) is 2.68. The number of carboxylic acid groups (broad SMARTS) is 1. The highest BCUT2D eigenvalue weighted by Gasteiger charge is 2.18. The summed E-state index contributed by atoms with van der Waals surface area (Å²) in [6.45, 7) is 1.44. The molecule has 4 N–H and O–H groups in total. The molecule has 0 spiro atoms. The van der Waals surface area contributed by atoms with Gasteiger partial charge in [0.15, 0.2) is 5.75 Å². The summed E-state index contributed by atoms with van der Waals surface area (Å²) in [7, 11) is 0. The minimum absolute atomic E-state index is 0.114. The summed E-state index contributed by atoms with van der Waals surface area (Å²) in [5, 5.41) is 12.3. The molecule has 0 aliphatic carbocycles. The van der Waals surface area contributed by atoms with E-state index in [1.54, 1.807) is 12.1 Å². The van der Waals surface area contributed by atoms with Crippen molar-refractivity contribution in [1.29, 1.82) is 0 Å². The molecule has 0 radical (unpaired) electrons. The Morgan fingerprint density at radius 3 is 3.06 bits per heavy atom. The van der Waals surface area contributed by atoms with Crippen LogP contribution in [0.15, 0.2) is 18.2 Å². The second kappa shape index (κ2) is 5.05. The minimum atomic E-state index is -1.02. The Labute approximate surface area is 99.6 Å². The topological polar surface area (TPSA) is 84.6 Å². The SMILES string of the molecule is Nc1cccc(C(=O)O)c1OCC1CCCN1. The van der Waals surface area contributed by atoms with E-state index in [0.29, 0.717) is 12.3 Å². The van der Waals surface area contributed by atoms with Crippen LogP contribution in [0, 0.1) is 0 Å². The van der Waals surface area contributed by atoms with Crippen LogP contribution in [0.2, 0.25) is 0 Å². The zero-order chi connectivity index (χ0) is 12.3. The van der Waals surface area contributed by atoms with Crippen molar-refractivity contribution >= 4 is 11.7 Å². The van der Waals surface area contributed by atoms with E-state index in [2.05, 4.69) is 5.32 Å². The van der Waals surface area contributed by atoms with Gasteiger partial charge in [0, 0.05) is 6.04 Å². The Hall–Kier alpha value is -1.75. The molecule has 5 heteroatoms. The van der Waals surface area contributed by atoms with Gasteiger partial charge in [0.1, 0.15) is 12.2 Å². The van der Waals surface area contributed by atoms with Crippen LogP contribution in [0.25, 0.3) is 0 Å². The van der Waals surface area contributed by atoms with Crippen LogP contribution >= 0.6 is 0 Å². The second-order valence-corrected chi connectivity index (χ2v) is 4.13. The molecule has 92 valence electrons. The second-order valence-electron chi connectivity index (χ2n) is 4.13. The van der Waals surface area contributed by atoms with E-state index in [1.165, 1.54) is 6.07 Å². The lowest BCUT2D eigenvalue weighted by atomic mass is 10.1. The van der Waals surface area contributed by atoms with Crippen molar-refractivity contribution in [3.8, 4) is 5.75 Å². The molecule has 1 aliphatic heterocycles. The molecule has 1 aromatic rings. The van der Waals surface area contributed by atoms with E-state index in [9.17, 15) is 4.79 Å². The zero-order valence-corrected chi connectivity index (χ0v) is 9.48. The molecular formula is C12H16N2O3. The number of hydrogen-bond donors (Lipinski definition) is 3.